The molecule has 1 aromatic rings. The van der Waals surface area contributed by atoms with Gasteiger partial charge in [-0.05, 0) is 31.0 Å². The fraction of sp³-hybridized carbons (Fsp3) is 0.600. The second-order valence-electron chi connectivity index (χ2n) is 3.00. The summed E-state index contributed by atoms with van der Waals surface area (Å²) in [4.78, 5) is 0. The largest absolute Gasteiger partial charge is 0.472 e. The van der Waals surface area contributed by atoms with E-state index in [-0.39, 0.29) is 0 Å². The Morgan fingerprint density at radius 1 is 1.50 bits per heavy atom. The highest BCUT2D eigenvalue weighted by Gasteiger charge is 2.05. The Morgan fingerprint density at radius 3 is 2.83 bits per heavy atom. The van der Waals surface area contributed by atoms with Crippen LogP contribution in [-0.4, -0.2) is 12.6 Å². The maximum Gasteiger partial charge on any atom is 0.0935 e. The van der Waals surface area contributed by atoms with Crippen LogP contribution in [0.25, 0.3) is 0 Å². The maximum atomic E-state index is 5.01. The highest BCUT2D eigenvalue weighted by molar-refractivity contribution is 5.07. The van der Waals surface area contributed by atoms with Gasteiger partial charge in [0.2, 0.25) is 0 Å². The molecule has 68 valence electrons. The van der Waals surface area contributed by atoms with Gasteiger partial charge in [0.05, 0.1) is 12.5 Å². The van der Waals surface area contributed by atoms with Gasteiger partial charge in [0.15, 0.2) is 0 Å². The third-order valence-corrected chi connectivity index (χ3v) is 2.05. The highest BCUT2D eigenvalue weighted by atomic mass is 16.3. The second-order valence-corrected chi connectivity index (χ2v) is 3.00. The van der Waals surface area contributed by atoms with Crippen LogP contribution >= 0.6 is 0 Å². The fourth-order valence-electron chi connectivity index (χ4n) is 1.34. The van der Waals surface area contributed by atoms with Crippen LogP contribution in [0.4, 0.5) is 0 Å². The molecule has 1 N–H and O–H groups in total. The topological polar surface area (TPSA) is 25.2 Å². The molecule has 1 unspecified atom stereocenters. The Labute approximate surface area is 74.0 Å². The zero-order chi connectivity index (χ0) is 8.81. The van der Waals surface area contributed by atoms with E-state index in [1.807, 2.05) is 12.3 Å². The lowest BCUT2D eigenvalue weighted by molar-refractivity contribution is 0.504. The van der Waals surface area contributed by atoms with E-state index >= 15 is 0 Å². The van der Waals surface area contributed by atoms with Crippen LogP contribution in [0.15, 0.2) is 23.0 Å². The first-order valence-corrected chi connectivity index (χ1v) is 4.61. The summed E-state index contributed by atoms with van der Waals surface area (Å²) in [7, 11) is 0. The number of furan rings is 1. The number of hydrogen-bond donors (Lipinski definition) is 1. The van der Waals surface area contributed by atoms with Crippen LogP contribution < -0.4 is 5.32 Å². The van der Waals surface area contributed by atoms with Crippen molar-refractivity contribution >= 4 is 0 Å². The molecular weight excluding hydrogens is 150 g/mol. The van der Waals surface area contributed by atoms with Crippen molar-refractivity contribution in [2.75, 3.05) is 6.54 Å². The molecule has 0 radical (unpaired) electrons. The van der Waals surface area contributed by atoms with Gasteiger partial charge in [-0.3, -0.25) is 0 Å². The van der Waals surface area contributed by atoms with E-state index in [1.54, 1.807) is 6.26 Å². The van der Waals surface area contributed by atoms with Gasteiger partial charge in [-0.15, -0.1) is 0 Å². The third kappa shape index (κ3) is 2.70. The molecule has 0 saturated carbocycles. The molecule has 0 fully saturated rings. The summed E-state index contributed by atoms with van der Waals surface area (Å²) in [6.07, 6.45) is 5.79. The van der Waals surface area contributed by atoms with Gasteiger partial charge >= 0.3 is 0 Å². The van der Waals surface area contributed by atoms with Crippen LogP contribution in [0.1, 0.15) is 25.8 Å². The van der Waals surface area contributed by atoms with Gasteiger partial charge < -0.3 is 9.73 Å². The molecule has 0 aromatic carbocycles. The van der Waals surface area contributed by atoms with Crippen LogP contribution in [0, 0.1) is 0 Å². The van der Waals surface area contributed by atoms with E-state index in [4.69, 9.17) is 4.42 Å². The minimum absolute atomic E-state index is 0.590. The van der Waals surface area contributed by atoms with E-state index < -0.39 is 0 Å². The first-order chi connectivity index (χ1) is 5.86. The van der Waals surface area contributed by atoms with Gasteiger partial charge in [-0.25, -0.2) is 0 Å². The van der Waals surface area contributed by atoms with E-state index in [0.29, 0.717) is 6.04 Å². The van der Waals surface area contributed by atoms with Gasteiger partial charge in [0.1, 0.15) is 0 Å². The fourth-order valence-corrected chi connectivity index (χ4v) is 1.34. The molecule has 2 nitrogen and oxygen atoms in total. The normalized spacial score (nSPS) is 13.2. The van der Waals surface area contributed by atoms with Gasteiger partial charge in [-0.1, -0.05) is 13.8 Å². The Balaban J connectivity index is 2.37. The average molecular weight is 167 g/mol. The molecule has 1 heterocycles. The van der Waals surface area contributed by atoms with Crippen LogP contribution in [0.5, 0.6) is 0 Å². The molecule has 2 heteroatoms. The Morgan fingerprint density at radius 2 is 2.33 bits per heavy atom. The molecule has 0 spiro atoms. The van der Waals surface area contributed by atoms with E-state index in [0.717, 1.165) is 13.0 Å². The van der Waals surface area contributed by atoms with Crippen molar-refractivity contribution in [2.45, 2.75) is 32.7 Å². The summed E-state index contributed by atoms with van der Waals surface area (Å²) < 4.78 is 5.01. The molecule has 12 heavy (non-hydrogen) atoms. The Kier molecular flexibility index (Phi) is 3.88. The summed E-state index contributed by atoms with van der Waals surface area (Å²) in [5, 5.41) is 3.43. The Bertz CT molecular complexity index is 194. The van der Waals surface area contributed by atoms with Crippen molar-refractivity contribution in [1.82, 2.24) is 5.32 Å². The summed E-state index contributed by atoms with van der Waals surface area (Å²) >= 11 is 0. The minimum atomic E-state index is 0.590. The molecule has 1 atom stereocenters. The summed E-state index contributed by atoms with van der Waals surface area (Å²) in [6.45, 7) is 5.38. The summed E-state index contributed by atoms with van der Waals surface area (Å²) in [5.41, 5.74) is 1.28. The summed E-state index contributed by atoms with van der Waals surface area (Å²) in [5.74, 6) is 0. The van der Waals surface area contributed by atoms with Gasteiger partial charge in [0, 0.05) is 6.04 Å². The summed E-state index contributed by atoms with van der Waals surface area (Å²) in [6, 6.07) is 2.62. The van der Waals surface area contributed by atoms with Crippen molar-refractivity contribution in [3.05, 3.63) is 24.2 Å². The van der Waals surface area contributed by atoms with Crippen molar-refractivity contribution < 1.29 is 4.42 Å². The number of hydrogen-bond acceptors (Lipinski definition) is 2. The molecule has 0 aliphatic rings. The van der Waals surface area contributed by atoms with Gasteiger partial charge in [0.25, 0.3) is 0 Å². The minimum Gasteiger partial charge on any atom is -0.472 e. The molecule has 0 aliphatic carbocycles. The van der Waals surface area contributed by atoms with Crippen LogP contribution in [0.2, 0.25) is 0 Å². The van der Waals surface area contributed by atoms with Crippen molar-refractivity contribution in [3.63, 3.8) is 0 Å². The quantitative estimate of drug-likeness (QED) is 0.727. The standard InChI is InChI=1S/C10H17NO/c1-3-10(11-4-2)7-9-5-6-12-8-9/h5-6,8,10-11H,3-4,7H2,1-2H3. The third-order valence-electron chi connectivity index (χ3n) is 2.05. The predicted octanol–water partition coefficient (Wildman–Crippen LogP) is 2.21. The molecule has 0 aliphatic heterocycles. The SMILES string of the molecule is CCNC(CC)Cc1ccoc1. The van der Waals surface area contributed by atoms with Gasteiger partial charge in [-0.2, -0.15) is 0 Å². The average Bonchev–Trinajstić information content (AvgIpc) is 2.56. The molecule has 1 rings (SSSR count). The van der Waals surface area contributed by atoms with Crippen molar-refractivity contribution in [1.29, 1.82) is 0 Å². The lowest BCUT2D eigenvalue weighted by atomic mass is 10.1. The molecule has 1 aromatic heterocycles. The maximum absolute atomic E-state index is 5.01. The van der Waals surface area contributed by atoms with E-state index in [9.17, 15) is 0 Å². The van der Waals surface area contributed by atoms with Crippen LogP contribution in [0.3, 0.4) is 0 Å². The lowest BCUT2D eigenvalue weighted by Gasteiger charge is -2.13. The Hall–Kier alpha value is -0.760. The predicted molar refractivity (Wildman–Crippen MR) is 50.2 cm³/mol. The number of rotatable bonds is 5. The lowest BCUT2D eigenvalue weighted by Crippen LogP contribution is -2.29. The highest BCUT2D eigenvalue weighted by Crippen LogP contribution is 2.05. The van der Waals surface area contributed by atoms with Crippen molar-refractivity contribution in [2.24, 2.45) is 0 Å². The monoisotopic (exact) mass is 167 g/mol. The molecule has 0 bridgehead atoms. The molecule has 0 saturated heterocycles. The molecule has 0 amide bonds. The number of nitrogens with one attached hydrogen (secondary N) is 1. The molecular formula is C10H17NO. The first kappa shape index (κ1) is 9.33. The smallest absolute Gasteiger partial charge is 0.0935 e. The van der Waals surface area contributed by atoms with Crippen LogP contribution in [-0.2, 0) is 6.42 Å². The number of likely N-dealkylation sites (N-methyl/N-ethyl adjacent to an activating group) is 1. The van der Waals surface area contributed by atoms with E-state index in [2.05, 4.69) is 19.2 Å². The van der Waals surface area contributed by atoms with E-state index in [1.165, 1.54) is 12.0 Å². The second kappa shape index (κ2) is 4.99. The van der Waals surface area contributed by atoms with Crippen molar-refractivity contribution in [3.8, 4) is 0 Å². The zero-order valence-corrected chi connectivity index (χ0v) is 7.84. The zero-order valence-electron chi connectivity index (χ0n) is 7.84. The first-order valence-electron chi connectivity index (χ1n) is 4.61.